The molecule has 0 spiro atoms. The van der Waals surface area contributed by atoms with Crippen LogP contribution in [0, 0.1) is 5.41 Å². The van der Waals surface area contributed by atoms with E-state index in [4.69, 9.17) is 15.2 Å². The van der Waals surface area contributed by atoms with Crippen LogP contribution < -0.4 is 5.73 Å². The van der Waals surface area contributed by atoms with Crippen molar-refractivity contribution in [2.24, 2.45) is 11.1 Å². The third-order valence-electron chi connectivity index (χ3n) is 4.55. The van der Waals surface area contributed by atoms with Crippen molar-refractivity contribution in [3.05, 3.63) is 0 Å². The van der Waals surface area contributed by atoms with Gasteiger partial charge < -0.3 is 20.1 Å². The molecule has 2 unspecified atom stereocenters. The molecule has 5 nitrogen and oxygen atoms in total. The van der Waals surface area contributed by atoms with E-state index in [2.05, 4.69) is 0 Å². The highest BCUT2D eigenvalue weighted by Gasteiger charge is 2.41. The van der Waals surface area contributed by atoms with E-state index < -0.39 is 0 Å². The minimum Gasteiger partial charge on any atom is -0.377 e. The molecule has 2 fully saturated rings. The molecule has 5 heteroatoms. The first-order valence-corrected chi connectivity index (χ1v) is 6.67. The number of carbonyl (C=O) groups excluding carboxylic acids is 1. The van der Waals surface area contributed by atoms with Gasteiger partial charge in [-0.3, -0.25) is 4.79 Å². The smallest absolute Gasteiger partial charge is 0.223 e. The Hall–Kier alpha value is -0.650. The van der Waals surface area contributed by atoms with E-state index in [-0.39, 0.29) is 23.5 Å². The molecule has 1 amide bonds. The minimum atomic E-state index is -0.00540. The number of ether oxygens (including phenoxy) is 2. The molecule has 2 atom stereocenters. The first-order valence-electron chi connectivity index (χ1n) is 6.67. The Kier molecular flexibility index (Phi) is 4.25. The molecule has 0 radical (unpaired) electrons. The lowest BCUT2D eigenvalue weighted by Crippen LogP contribution is -2.43. The summed E-state index contributed by atoms with van der Waals surface area (Å²) >= 11 is 0. The van der Waals surface area contributed by atoms with Gasteiger partial charge in [-0.1, -0.05) is 6.42 Å². The number of carbonyl (C=O) groups is 1. The van der Waals surface area contributed by atoms with Crippen LogP contribution in [-0.4, -0.2) is 56.9 Å². The summed E-state index contributed by atoms with van der Waals surface area (Å²) < 4.78 is 10.7. The maximum atomic E-state index is 12.3. The van der Waals surface area contributed by atoms with Gasteiger partial charge in [-0.2, -0.15) is 0 Å². The Balaban J connectivity index is 1.90. The van der Waals surface area contributed by atoms with Crippen molar-refractivity contribution in [3.63, 3.8) is 0 Å². The summed E-state index contributed by atoms with van der Waals surface area (Å²) in [4.78, 5) is 14.2. The number of rotatable bonds is 5. The molecule has 2 rings (SSSR count). The SMILES string of the molecule is COC1CN(C(=O)CC2(CN)CCC2)CC1OC. The molecular weight excluding hydrogens is 232 g/mol. The topological polar surface area (TPSA) is 64.8 Å². The van der Waals surface area contributed by atoms with Crippen LogP contribution in [0.5, 0.6) is 0 Å². The van der Waals surface area contributed by atoms with Crippen molar-refractivity contribution in [1.82, 2.24) is 4.90 Å². The van der Waals surface area contributed by atoms with Gasteiger partial charge in [0.05, 0.1) is 0 Å². The summed E-state index contributed by atoms with van der Waals surface area (Å²) in [5, 5.41) is 0. The van der Waals surface area contributed by atoms with Gasteiger partial charge in [0, 0.05) is 33.7 Å². The first kappa shape index (κ1) is 13.8. The van der Waals surface area contributed by atoms with Gasteiger partial charge in [0.15, 0.2) is 0 Å². The van der Waals surface area contributed by atoms with E-state index >= 15 is 0 Å². The molecule has 1 aliphatic carbocycles. The van der Waals surface area contributed by atoms with Crippen molar-refractivity contribution in [3.8, 4) is 0 Å². The highest BCUT2D eigenvalue weighted by molar-refractivity contribution is 5.77. The van der Waals surface area contributed by atoms with Gasteiger partial charge >= 0.3 is 0 Å². The van der Waals surface area contributed by atoms with E-state index in [0.29, 0.717) is 26.1 Å². The van der Waals surface area contributed by atoms with E-state index in [0.717, 1.165) is 12.8 Å². The Morgan fingerprint density at radius 3 is 2.17 bits per heavy atom. The summed E-state index contributed by atoms with van der Waals surface area (Å²) in [7, 11) is 3.33. The molecule has 0 aromatic carbocycles. The molecule has 1 saturated carbocycles. The van der Waals surface area contributed by atoms with Crippen LogP contribution >= 0.6 is 0 Å². The maximum absolute atomic E-state index is 12.3. The number of hydrogen-bond acceptors (Lipinski definition) is 4. The molecule has 104 valence electrons. The number of likely N-dealkylation sites (tertiary alicyclic amines) is 1. The fourth-order valence-corrected chi connectivity index (χ4v) is 2.96. The Morgan fingerprint density at radius 2 is 1.83 bits per heavy atom. The van der Waals surface area contributed by atoms with E-state index in [9.17, 15) is 4.79 Å². The summed E-state index contributed by atoms with van der Waals surface area (Å²) in [6, 6.07) is 0. The third-order valence-corrected chi connectivity index (χ3v) is 4.55. The predicted octanol–water partition coefficient (Wildman–Crippen LogP) is 0.378. The van der Waals surface area contributed by atoms with Crippen LogP contribution in [-0.2, 0) is 14.3 Å². The molecule has 0 aromatic rings. The van der Waals surface area contributed by atoms with Crippen LogP contribution in [0.25, 0.3) is 0 Å². The Morgan fingerprint density at radius 1 is 1.28 bits per heavy atom. The molecule has 0 aromatic heterocycles. The van der Waals surface area contributed by atoms with Crippen LogP contribution in [0.15, 0.2) is 0 Å². The summed E-state index contributed by atoms with van der Waals surface area (Å²) in [6.07, 6.45) is 3.94. The van der Waals surface area contributed by atoms with E-state index in [1.54, 1.807) is 14.2 Å². The van der Waals surface area contributed by atoms with E-state index in [1.165, 1.54) is 6.42 Å². The van der Waals surface area contributed by atoms with Gasteiger partial charge in [0.25, 0.3) is 0 Å². The fraction of sp³-hybridized carbons (Fsp3) is 0.923. The molecule has 18 heavy (non-hydrogen) atoms. The van der Waals surface area contributed by atoms with Gasteiger partial charge in [-0.25, -0.2) is 0 Å². The normalized spacial score (nSPS) is 30.3. The predicted molar refractivity (Wildman–Crippen MR) is 68.1 cm³/mol. The number of hydrogen-bond donors (Lipinski definition) is 1. The van der Waals surface area contributed by atoms with Crippen LogP contribution in [0.4, 0.5) is 0 Å². The number of nitrogens with two attached hydrogens (primary N) is 1. The quantitative estimate of drug-likeness (QED) is 0.772. The molecule has 0 bridgehead atoms. The zero-order valence-electron chi connectivity index (χ0n) is 11.4. The fourth-order valence-electron chi connectivity index (χ4n) is 2.96. The number of methoxy groups -OCH3 is 2. The monoisotopic (exact) mass is 256 g/mol. The lowest BCUT2D eigenvalue weighted by molar-refractivity contribution is -0.134. The van der Waals surface area contributed by atoms with Crippen LogP contribution in [0.3, 0.4) is 0 Å². The van der Waals surface area contributed by atoms with Gasteiger partial charge in [0.1, 0.15) is 12.2 Å². The van der Waals surface area contributed by atoms with Crippen LogP contribution in [0.1, 0.15) is 25.7 Å². The highest BCUT2D eigenvalue weighted by atomic mass is 16.5. The molecular formula is C13H24N2O3. The summed E-state index contributed by atoms with van der Waals surface area (Å²) in [5.74, 6) is 0.196. The average Bonchev–Trinajstić information content (AvgIpc) is 2.76. The second-order valence-electron chi connectivity index (χ2n) is 5.58. The lowest BCUT2D eigenvalue weighted by atomic mass is 9.66. The van der Waals surface area contributed by atoms with E-state index in [1.807, 2.05) is 4.90 Å². The number of nitrogens with zero attached hydrogens (tertiary/aromatic N) is 1. The summed E-state index contributed by atoms with van der Waals surface area (Å²) in [5.41, 5.74) is 5.88. The molecule has 1 aliphatic heterocycles. The third kappa shape index (κ3) is 2.53. The van der Waals surface area contributed by atoms with Crippen molar-refractivity contribution < 1.29 is 14.3 Å². The van der Waals surface area contributed by atoms with Gasteiger partial charge in [-0.05, 0) is 24.8 Å². The van der Waals surface area contributed by atoms with Gasteiger partial charge in [-0.15, -0.1) is 0 Å². The van der Waals surface area contributed by atoms with Crippen molar-refractivity contribution in [2.75, 3.05) is 33.9 Å². The van der Waals surface area contributed by atoms with Crippen molar-refractivity contribution in [2.45, 2.75) is 37.9 Å². The molecule has 1 saturated heterocycles. The lowest BCUT2D eigenvalue weighted by Gasteiger charge is -2.41. The molecule has 2 aliphatic rings. The second kappa shape index (κ2) is 5.55. The maximum Gasteiger partial charge on any atom is 0.223 e. The van der Waals surface area contributed by atoms with Gasteiger partial charge in [0.2, 0.25) is 5.91 Å². The molecule has 2 N–H and O–H groups in total. The van der Waals surface area contributed by atoms with Crippen molar-refractivity contribution >= 4 is 5.91 Å². The zero-order chi connectivity index (χ0) is 13.2. The second-order valence-corrected chi connectivity index (χ2v) is 5.58. The Labute approximate surface area is 109 Å². The minimum absolute atomic E-state index is 0.00540. The Bertz CT molecular complexity index is 287. The standard InChI is InChI=1S/C13H24N2O3/c1-17-10-7-15(8-11(10)18-2)12(16)6-13(9-14)4-3-5-13/h10-11H,3-9,14H2,1-2H3. The van der Waals surface area contributed by atoms with Crippen LogP contribution in [0.2, 0.25) is 0 Å². The summed E-state index contributed by atoms with van der Waals surface area (Å²) in [6.45, 7) is 1.89. The number of amides is 1. The van der Waals surface area contributed by atoms with Crippen molar-refractivity contribution in [1.29, 1.82) is 0 Å². The zero-order valence-corrected chi connectivity index (χ0v) is 11.4. The average molecular weight is 256 g/mol. The largest absolute Gasteiger partial charge is 0.377 e. The highest BCUT2D eigenvalue weighted by Crippen LogP contribution is 2.43. The first-order chi connectivity index (χ1) is 8.64. The molecule has 1 heterocycles.